The quantitative estimate of drug-likeness (QED) is 0.902. The first kappa shape index (κ1) is 13.0. The number of ether oxygens (including phenoxy) is 1. The van der Waals surface area contributed by atoms with Crippen molar-refractivity contribution in [3.63, 3.8) is 0 Å². The monoisotopic (exact) mass is 273 g/mol. The smallest absolute Gasteiger partial charge is 0.122 e. The third-order valence-electron chi connectivity index (χ3n) is 3.15. The standard InChI is InChI=1S/C13H17Cl2NO/c1-2-13(9-3-4-16-8-9)17-12-6-10(14)5-11(15)7-12/h5-7,9,13,16H,2-4,8H2,1H3/t9-,13-/m0/s1. The van der Waals surface area contributed by atoms with Gasteiger partial charge >= 0.3 is 0 Å². The molecule has 1 aliphatic heterocycles. The van der Waals surface area contributed by atoms with Crippen LogP contribution in [0, 0.1) is 5.92 Å². The number of halogens is 2. The second-order valence-corrected chi connectivity index (χ2v) is 5.30. The van der Waals surface area contributed by atoms with Crippen molar-refractivity contribution in [2.45, 2.75) is 25.9 Å². The fourth-order valence-corrected chi connectivity index (χ4v) is 2.78. The van der Waals surface area contributed by atoms with Crippen LogP contribution in [0.2, 0.25) is 10.0 Å². The second-order valence-electron chi connectivity index (χ2n) is 4.42. The number of benzene rings is 1. The summed E-state index contributed by atoms with van der Waals surface area (Å²) in [5.41, 5.74) is 0. The largest absolute Gasteiger partial charge is 0.490 e. The Morgan fingerprint density at radius 3 is 2.59 bits per heavy atom. The molecular formula is C13H17Cl2NO. The van der Waals surface area contributed by atoms with Gasteiger partial charge in [0.25, 0.3) is 0 Å². The number of nitrogens with one attached hydrogen (secondary N) is 1. The van der Waals surface area contributed by atoms with Gasteiger partial charge in [0.05, 0.1) is 0 Å². The molecule has 1 saturated heterocycles. The normalized spacial score (nSPS) is 21.5. The molecule has 0 spiro atoms. The van der Waals surface area contributed by atoms with E-state index in [2.05, 4.69) is 12.2 Å². The van der Waals surface area contributed by atoms with E-state index >= 15 is 0 Å². The lowest BCUT2D eigenvalue weighted by Crippen LogP contribution is -2.28. The van der Waals surface area contributed by atoms with Gasteiger partial charge in [-0.1, -0.05) is 30.1 Å². The van der Waals surface area contributed by atoms with Crippen molar-refractivity contribution in [3.8, 4) is 5.75 Å². The Balaban J connectivity index is 2.06. The average Bonchev–Trinajstić information content (AvgIpc) is 2.77. The van der Waals surface area contributed by atoms with Gasteiger partial charge in [-0.2, -0.15) is 0 Å². The molecule has 0 bridgehead atoms. The highest BCUT2D eigenvalue weighted by molar-refractivity contribution is 6.34. The molecule has 0 unspecified atom stereocenters. The summed E-state index contributed by atoms with van der Waals surface area (Å²) in [4.78, 5) is 0. The summed E-state index contributed by atoms with van der Waals surface area (Å²) in [5.74, 6) is 1.35. The molecule has 4 heteroatoms. The van der Waals surface area contributed by atoms with E-state index in [4.69, 9.17) is 27.9 Å². The van der Waals surface area contributed by atoms with Crippen molar-refractivity contribution in [3.05, 3.63) is 28.2 Å². The molecule has 2 rings (SSSR count). The third-order valence-corrected chi connectivity index (χ3v) is 3.59. The highest BCUT2D eigenvalue weighted by Crippen LogP contribution is 2.27. The van der Waals surface area contributed by atoms with Crippen LogP contribution < -0.4 is 10.1 Å². The van der Waals surface area contributed by atoms with E-state index in [1.54, 1.807) is 6.07 Å². The minimum atomic E-state index is 0.236. The Hall–Kier alpha value is -0.440. The molecule has 1 N–H and O–H groups in total. The highest BCUT2D eigenvalue weighted by atomic mass is 35.5. The third kappa shape index (κ3) is 3.51. The minimum Gasteiger partial charge on any atom is -0.490 e. The van der Waals surface area contributed by atoms with E-state index < -0.39 is 0 Å². The predicted octanol–water partition coefficient (Wildman–Crippen LogP) is 3.76. The van der Waals surface area contributed by atoms with Crippen molar-refractivity contribution in [2.24, 2.45) is 5.92 Å². The molecule has 2 nitrogen and oxygen atoms in total. The Morgan fingerprint density at radius 2 is 2.06 bits per heavy atom. The maximum absolute atomic E-state index is 6.00. The van der Waals surface area contributed by atoms with Crippen molar-refractivity contribution in [1.29, 1.82) is 0 Å². The van der Waals surface area contributed by atoms with Crippen molar-refractivity contribution in [1.82, 2.24) is 5.32 Å². The van der Waals surface area contributed by atoms with Crippen LogP contribution in [-0.2, 0) is 0 Å². The Morgan fingerprint density at radius 1 is 1.35 bits per heavy atom. The minimum absolute atomic E-state index is 0.236. The van der Waals surface area contributed by atoms with Gasteiger partial charge in [0.2, 0.25) is 0 Å². The van der Waals surface area contributed by atoms with Crippen LogP contribution in [0.4, 0.5) is 0 Å². The lowest BCUT2D eigenvalue weighted by molar-refractivity contribution is 0.138. The van der Waals surface area contributed by atoms with Gasteiger partial charge in [0, 0.05) is 22.5 Å². The van der Waals surface area contributed by atoms with E-state index in [0.29, 0.717) is 16.0 Å². The zero-order valence-electron chi connectivity index (χ0n) is 9.88. The summed E-state index contributed by atoms with van der Waals surface area (Å²) < 4.78 is 6.00. The summed E-state index contributed by atoms with van der Waals surface area (Å²) in [7, 11) is 0. The fraction of sp³-hybridized carbons (Fsp3) is 0.538. The summed E-state index contributed by atoms with van der Waals surface area (Å²) in [5, 5.41) is 4.60. The van der Waals surface area contributed by atoms with Gasteiger partial charge in [-0.3, -0.25) is 0 Å². The number of hydrogen-bond donors (Lipinski definition) is 1. The zero-order chi connectivity index (χ0) is 12.3. The summed E-state index contributed by atoms with van der Waals surface area (Å²) >= 11 is 11.9. The van der Waals surface area contributed by atoms with Crippen LogP contribution in [0.15, 0.2) is 18.2 Å². The molecule has 17 heavy (non-hydrogen) atoms. The Bertz CT molecular complexity index is 357. The molecular weight excluding hydrogens is 257 g/mol. The molecule has 1 heterocycles. The predicted molar refractivity (Wildman–Crippen MR) is 72.1 cm³/mol. The maximum Gasteiger partial charge on any atom is 0.122 e. The molecule has 0 saturated carbocycles. The van der Waals surface area contributed by atoms with Gasteiger partial charge in [0.15, 0.2) is 0 Å². The van der Waals surface area contributed by atoms with Gasteiger partial charge in [-0.15, -0.1) is 0 Å². The molecule has 1 aromatic rings. The van der Waals surface area contributed by atoms with Crippen LogP contribution in [0.5, 0.6) is 5.75 Å². The highest BCUT2D eigenvalue weighted by Gasteiger charge is 2.25. The molecule has 0 radical (unpaired) electrons. The maximum atomic E-state index is 6.00. The van der Waals surface area contributed by atoms with Crippen molar-refractivity contribution < 1.29 is 4.74 Å². The first-order valence-corrected chi connectivity index (χ1v) is 6.78. The number of hydrogen-bond acceptors (Lipinski definition) is 2. The SMILES string of the molecule is CC[C@H](Oc1cc(Cl)cc(Cl)c1)[C@H]1CCNC1. The summed E-state index contributed by atoms with van der Waals surface area (Å²) in [6, 6.07) is 5.35. The van der Waals surface area contributed by atoms with Gasteiger partial charge < -0.3 is 10.1 Å². The molecule has 0 aliphatic carbocycles. The van der Waals surface area contributed by atoms with Gasteiger partial charge in [-0.05, 0) is 37.6 Å². The first-order valence-electron chi connectivity index (χ1n) is 6.02. The van der Waals surface area contributed by atoms with Gasteiger partial charge in [0.1, 0.15) is 11.9 Å². The zero-order valence-corrected chi connectivity index (χ0v) is 11.4. The van der Waals surface area contributed by atoms with E-state index in [1.165, 1.54) is 6.42 Å². The second kappa shape index (κ2) is 5.94. The molecule has 0 aromatic heterocycles. The lowest BCUT2D eigenvalue weighted by atomic mass is 9.99. The molecule has 0 amide bonds. The fourth-order valence-electron chi connectivity index (χ4n) is 2.28. The first-order chi connectivity index (χ1) is 8.19. The molecule has 1 aliphatic rings. The van der Waals surface area contributed by atoms with Crippen LogP contribution in [0.3, 0.4) is 0 Å². The van der Waals surface area contributed by atoms with Gasteiger partial charge in [-0.25, -0.2) is 0 Å². The molecule has 1 aromatic carbocycles. The van der Waals surface area contributed by atoms with Crippen molar-refractivity contribution in [2.75, 3.05) is 13.1 Å². The topological polar surface area (TPSA) is 21.3 Å². The Labute approximate surface area is 112 Å². The number of rotatable bonds is 4. The van der Waals surface area contributed by atoms with E-state index in [-0.39, 0.29) is 6.10 Å². The summed E-state index contributed by atoms with van der Waals surface area (Å²) in [6.07, 6.45) is 2.41. The average molecular weight is 274 g/mol. The Kier molecular flexibility index (Phi) is 4.55. The van der Waals surface area contributed by atoms with E-state index in [0.717, 1.165) is 25.3 Å². The lowest BCUT2D eigenvalue weighted by Gasteiger charge is -2.23. The van der Waals surface area contributed by atoms with Crippen LogP contribution in [0.1, 0.15) is 19.8 Å². The van der Waals surface area contributed by atoms with Crippen LogP contribution in [-0.4, -0.2) is 19.2 Å². The molecule has 2 atom stereocenters. The molecule has 1 fully saturated rings. The molecule has 94 valence electrons. The summed E-state index contributed by atoms with van der Waals surface area (Å²) in [6.45, 7) is 4.27. The van der Waals surface area contributed by atoms with Crippen LogP contribution in [0.25, 0.3) is 0 Å². The van der Waals surface area contributed by atoms with Crippen molar-refractivity contribution >= 4 is 23.2 Å². The van der Waals surface area contributed by atoms with E-state index in [9.17, 15) is 0 Å². The van der Waals surface area contributed by atoms with E-state index in [1.807, 2.05) is 12.1 Å². The van der Waals surface area contributed by atoms with Crippen LogP contribution >= 0.6 is 23.2 Å².